The Morgan fingerprint density at radius 1 is 0.689 bits per heavy atom. The number of alkyl carbamates (subject to hydrolysis) is 1. The molecule has 0 aliphatic carbocycles. The van der Waals surface area contributed by atoms with Gasteiger partial charge in [-0.05, 0) is 98.5 Å². The number of nitrogens with one attached hydrogen (secondary N) is 1. The third kappa shape index (κ3) is 15.5. The van der Waals surface area contributed by atoms with Crippen molar-refractivity contribution in [2.75, 3.05) is 67.5 Å². The maximum Gasteiger partial charge on any atom is 0.407 e. The number of hydrogen-bond donors (Lipinski definition) is 1. The molecule has 6 atom stereocenters. The number of rotatable bonds is 28. The van der Waals surface area contributed by atoms with Crippen LogP contribution >= 0.6 is 8.53 Å². The molecule has 74 heavy (non-hydrogen) atoms. The van der Waals surface area contributed by atoms with E-state index in [0.29, 0.717) is 22.8 Å². The Hall–Kier alpha value is -6.12. The fraction of sp³-hybridized carbons (Fsp3) is 0.421. The van der Waals surface area contributed by atoms with E-state index in [9.17, 15) is 9.59 Å². The van der Waals surface area contributed by atoms with Crippen molar-refractivity contribution in [1.82, 2.24) is 9.99 Å². The summed E-state index contributed by atoms with van der Waals surface area (Å²) in [6.07, 6.45) is -4.69. The monoisotopic (exact) mass is 1040 g/mol. The number of carbonyl (C=O) groups is 2. The van der Waals surface area contributed by atoms with E-state index in [1.54, 1.807) is 45.6 Å². The van der Waals surface area contributed by atoms with Gasteiger partial charge in [-0.15, -0.1) is 0 Å². The van der Waals surface area contributed by atoms with E-state index >= 15 is 0 Å². The number of carbonyl (C=O) groups excluding carboxylic acids is 2. The third-order valence-corrected chi connectivity index (χ3v) is 14.4. The summed E-state index contributed by atoms with van der Waals surface area (Å²) in [4.78, 5) is 30.7. The molecule has 6 rings (SSSR count). The Morgan fingerprint density at radius 2 is 1.27 bits per heavy atom. The van der Waals surface area contributed by atoms with Gasteiger partial charge in [-0.3, -0.25) is 0 Å². The highest BCUT2D eigenvalue weighted by atomic mass is 31.2. The Labute approximate surface area is 437 Å². The first-order valence-corrected chi connectivity index (χ1v) is 25.9. The Bertz CT molecular complexity index is 2440. The molecule has 1 aliphatic heterocycles. The first-order valence-electron chi connectivity index (χ1n) is 24.8. The molecule has 5 aromatic rings. The molecule has 5 aromatic carbocycles. The lowest BCUT2D eigenvalue weighted by molar-refractivity contribution is -0.296. The van der Waals surface area contributed by atoms with Crippen LogP contribution in [-0.4, -0.2) is 121 Å². The van der Waals surface area contributed by atoms with Crippen LogP contribution in [0.25, 0.3) is 4.85 Å². The standard InChI is InChI=1S/C57H70N3O13P/c1-40(2)60(41(3)4)74(70-32-31-58-6)71-36-34-66-52-42(5)51(39-68-56(62)59-38-43-17-16-22-50(37-43)65-9)72-55(53(52)73-54(61)44-18-12-10-13-19-44)67-33-35-69-57(45-20-14-11-15-21-45,46-23-27-48(63-7)28-24-46)47-25-29-49(64-8)30-26-47/h10-30,37,40-42,51-53,55H,31-36,38-39H2,1-5,7-9H3,(H,59,62). The van der Waals surface area contributed by atoms with Crippen LogP contribution in [-0.2, 0) is 49.6 Å². The second-order valence-corrected chi connectivity index (χ2v) is 19.3. The van der Waals surface area contributed by atoms with Gasteiger partial charge in [0.15, 0.2) is 12.4 Å². The minimum atomic E-state index is -1.56. The second kappa shape index (κ2) is 29.1. The zero-order valence-corrected chi connectivity index (χ0v) is 44.4. The molecule has 17 heteroatoms. The van der Waals surface area contributed by atoms with E-state index in [0.717, 1.165) is 22.3 Å². The van der Waals surface area contributed by atoms with Gasteiger partial charge in [-0.1, -0.05) is 91.9 Å². The van der Waals surface area contributed by atoms with E-state index in [2.05, 4.69) is 42.5 Å². The number of ether oxygens (including phenoxy) is 9. The van der Waals surface area contributed by atoms with Crippen LogP contribution in [0, 0.1) is 12.5 Å². The number of hydrogen-bond acceptors (Lipinski definition) is 14. The van der Waals surface area contributed by atoms with E-state index < -0.39 is 56.7 Å². The maximum absolute atomic E-state index is 14.0. The average Bonchev–Trinajstić information content (AvgIpc) is 3.42. The fourth-order valence-corrected chi connectivity index (χ4v) is 10.3. The van der Waals surface area contributed by atoms with Gasteiger partial charge in [0, 0.05) is 24.5 Å². The maximum atomic E-state index is 14.0. The number of nitrogens with zero attached hydrogens (tertiary/aromatic N) is 2. The number of esters is 1. The number of benzene rings is 5. The highest BCUT2D eigenvalue weighted by Crippen LogP contribution is 2.46. The highest BCUT2D eigenvalue weighted by Gasteiger charge is 2.48. The molecule has 6 unspecified atom stereocenters. The molecule has 1 heterocycles. The third-order valence-electron chi connectivity index (χ3n) is 12.3. The molecule has 396 valence electrons. The minimum Gasteiger partial charge on any atom is -0.497 e. The fourth-order valence-electron chi connectivity index (χ4n) is 8.71. The van der Waals surface area contributed by atoms with Gasteiger partial charge in [0.1, 0.15) is 48.3 Å². The summed E-state index contributed by atoms with van der Waals surface area (Å²) in [5.74, 6) is 0.885. The van der Waals surface area contributed by atoms with Gasteiger partial charge in [0.25, 0.3) is 8.53 Å². The van der Waals surface area contributed by atoms with Crippen molar-refractivity contribution in [2.45, 2.75) is 83.5 Å². The SMILES string of the molecule is [C-]#[N+]CCOP(OCCOC1C(C)C(COC(=O)NCc2cccc(OC)c2)OC(OCCOC(c2ccccc2)(c2ccc(OC)cc2)c2ccc(OC)cc2)C1OC(=O)c1ccccc1)N(C(C)C)C(C)C. The Morgan fingerprint density at radius 3 is 1.86 bits per heavy atom. The summed E-state index contributed by atoms with van der Waals surface area (Å²) in [5.41, 5.74) is 2.50. The molecule has 0 saturated carbocycles. The predicted molar refractivity (Wildman–Crippen MR) is 281 cm³/mol. The zero-order valence-electron chi connectivity index (χ0n) is 43.5. The quantitative estimate of drug-likeness (QED) is 0.0166. The topological polar surface area (TPSA) is 155 Å². The van der Waals surface area contributed by atoms with E-state index in [-0.39, 0.29) is 64.8 Å². The number of methoxy groups -OCH3 is 3. The molecular formula is C57H70N3O13P. The van der Waals surface area contributed by atoms with Gasteiger partial charge >= 0.3 is 12.1 Å². The van der Waals surface area contributed by atoms with Crippen LogP contribution in [0.2, 0.25) is 0 Å². The predicted octanol–water partition coefficient (Wildman–Crippen LogP) is 10.2. The van der Waals surface area contributed by atoms with Crippen molar-refractivity contribution >= 4 is 20.6 Å². The molecule has 0 spiro atoms. The summed E-state index contributed by atoms with van der Waals surface area (Å²) in [6.45, 7) is 18.0. The molecule has 1 fully saturated rings. The summed E-state index contributed by atoms with van der Waals surface area (Å²) in [7, 11) is 3.26. The summed E-state index contributed by atoms with van der Waals surface area (Å²) >= 11 is 0. The smallest absolute Gasteiger partial charge is 0.407 e. The van der Waals surface area contributed by atoms with Gasteiger partial charge in [-0.25, -0.2) is 20.8 Å². The summed E-state index contributed by atoms with van der Waals surface area (Å²) in [5, 5.41) is 2.80. The first kappa shape index (κ1) is 57.2. The van der Waals surface area contributed by atoms with Crippen molar-refractivity contribution in [3.8, 4) is 17.2 Å². The van der Waals surface area contributed by atoms with Gasteiger partial charge in [-0.2, -0.15) is 0 Å². The molecular weight excluding hydrogens is 966 g/mol. The largest absolute Gasteiger partial charge is 0.497 e. The Kier molecular flexibility index (Phi) is 22.5. The lowest BCUT2D eigenvalue weighted by Gasteiger charge is -2.44. The number of amides is 1. The molecule has 1 amide bonds. The summed E-state index contributed by atoms with van der Waals surface area (Å²) in [6, 6.07) is 41.5. The minimum absolute atomic E-state index is 0.0220. The highest BCUT2D eigenvalue weighted by molar-refractivity contribution is 7.44. The van der Waals surface area contributed by atoms with Gasteiger partial charge < -0.3 is 61.8 Å². The Balaban J connectivity index is 1.29. The van der Waals surface area contributed by atoms with Crippen LogP contribution in [0.1, 0.15) is 67.2 Å². The van der Waals surface area contributed by atoms with Crippen LogP contribution in [0.4, 0.5) is 4.79 Å². The summed E-state index contributed by atoms with van der Waals surface area (Å²) < 4.78 is 70.4. The lowest BCUT2D eigenvalue weighted by atomic mass is 9.80. The van der Waals surface area contributed by atoms with E-state index in [4.69, 9.17) is 58.3 Å². The van der Waals surface area contributed by atoms with E-state index in [1.165, 1.54) is 0 Å². The van der Waals surface area contributed by atoms with Gasteiger partial charge in [0.05, 0.1) is 53.3 Å². The van der Waals surface area contributed by atoms with E-state index in [1.807, 2.05) is 116 Å². The molecule has 1 N–H and O–H groups in total. The average molecular weight is 1040 g/mol. The van der Waals surface area contributed by atoms with Crippen LogP contribution in [0.15, 0.2) is 133 Å². The zero-order chi connectivity index (χ0) is 52.9. The molecule has 0 bridgehead atoms. The van der Waals surface area contributed by atoms with Gasteiger partial charge in [0.2, 0.25) is 6.54 Å². The van der Waals surface area contributed by atoms with Crippen LogP contribution in [0.5, 0.6) is 17.2 Å². The molecule has 0 aromatic heterocycles. The second-order valence-electron chi connectivity index (χ2n) is 17.9. The first-order chi connectivity index (χ1) is 35.9. The normalized spacial score (nSPS) is 18.1. The van der Waals surface area contributed by atoms with Crippen LogP contribution < -0.4 is 19.5 Å². The van der Waals surface area contributed by atoms with Crippen molar-refractivity contribution in [3.05, 3.63) is 173 Å². The van der Waals surface area contributed by atoms with Crippen molar-refractivity contribution in [1.29, 1.82) is 0 Å². The molecule has 1 saturated heterocycles. The lowest BCUT2D eigenvalue weighted by Crippen LogP contribution is -2.58. The van der Waals surface area contributed by atoms with Crippen molar-refractivity contribution in [2.24, 2.45) is 5.92 Å². The van der Waals surface area contributed by atoms with Crippen molar-refractivity contribution in [3.63, 3.8) is 0 Å². The van der Waals surface area contributed by atoms with Crippen molar-refractivity contribution < 1.29 is 61.3 Å². The molecule has 1 aliphatic rings. The molecule has 0 radical (unpaired) electrons. The molecule has 16 nitrogen and oxygen atoms in total. The van der Waals surface area contributed by atoms with Crippen LogP contribution in [0.3, 0.4) is 0 Å².